The highest BCUT2D eigenvalue weighted by molar-refractivity contribution is 5.24. The van der Waals surface area contributed by atoms with Gasteiger partial charge in [0.1, 0.15) is 6.10 Å². The third-order valence-electron chi connectivity index (χ3n) is 2.79. The molecule has 16 heavy (non-hydrogen) atoms. The van der Waals surface area contributed by atoms with Gasteiger partial charge in [-0.05, 0) is 45.7 Å². The summed E-state index contributed by atoms with van der Waals surface area (Å²) in [4.78, 5) is 8.96. The van der Waals surface area contributed by atoms with Crippen molar-refractivity contribution in [3.63, 3.8) is 0 Å². The van der Waals surface area contributed by atoms with E-state index in [4.69, 9.17) is 10.5 Å². The van der Waals surface area contributed by atoms with E-state index < -0.39 is 0 Å². The molecule has 0 aliphatic heterocycles. The lowest BCUT2D eigenvalue weighted by Gasteiger charge is -2.13. The summed E-state index contributed by atoms with van der Waals surface area (Å²) < 4.78 is 5.22. The zero-order valence-corrected chi connectivity index (χ0v) is 10.6. The van der Waals surface area contributed by atoms with Gasteiger partial charge >= 0.3 is 0 Å². The lowest BCUT2D eigenvalue weighted by Crippen LogP contribution is -2.10. The molecule has 4 nitrogen and oxygen atoms in total. The predicted octanol–water partition coefficient (Wildman–Crippen LogP) is 1.69. The third kappa shape index (κ3) is 3.00. The minimum absolute atomic E-state index is 0.0547. The Bertz CT molecular complexity index is 329. The Kier molecular flexibility index (Phi) is 4.83. The maximum atomic E-state index is 5.52. The van der Waals surface area contributed by atoms with Crippen LogP contribution in [0.25, 0.3) is 0 Å². The average molecular weight is 223 g/mol. The highest BCUT2D eigenvalue weighted by atomic mass is 16.5. The van der Waals surface area contributed by atoms with Crippen molar-refractivity contribution in [2.75, 3.05) is 13.7 Å². The van der Waals surface area contributed by atoms with Crippen molar-refractivity contribution in [2.45, 2.75) is 39.7 Å². The molecule has 1 aromatic heterocycles. The predicted molar refractivity (Wildman–Crippen MR) is 64.3 cm³/mol. The van der Waals surface area contributed by atoms with E-state index in [1.165, 1.54) is 5.56 Å². The summed E-state index contributed by atoms with van der Waals surface area (Å²) in [5.74, 6) is 0.758. The minimum Gasteiger partial charge on any atom is -0.374 e. The second-order valence-electron chi connectivity index (χ2n) is 4.00. The van der Waals surface area contributed by atoms with Crippen LogP contribution in [0, 0.1) is 13.8 Å². The lowest BCUT2D eigenvalue weighted by molar-refractivity contribution is 0.111. The van der Waals surface area contributed by atoms with Crippen molar-refractivity contribution >= 4 is 0 Å². The van der Waals surface area contributed by atoms with Gasteiger partial charge in [0.2, 0.25) is 0 Å². The third-order valence-corrected chi connectivity index (χ3v) is 2.79. The van der Waals surface area contributed by atoms with E-state index in [9.17, 15) is 0 Å². The molecule has 1 aromatic rings. The van der Waals surface area contributed by atoms with E-state index in [-0.39, 0.29) is 6.10 Å². The summed E-state index contributed by atoms with van der Waals surface area (Å²) in [6.45, 7) is 6.70. The topological polar surface area (TPSA) is 61.0 Å². The fourth-order valence-corrected chi connectivity index (χ4v) is 1.69. The summed E-state index contributed by atoms with van der Waals surface area (Å²) in [6.07, 6.45) is 1.88. The number of aromatic nitrogens is 2. The van der Waals surface area contributed by atoms with Crippen LogP contribution >= 0.6 is 0 Å². The van der Waals surface area contributed by atoms with E-state index >= 15 is 0 Å². The molecule has 0 aliphatic rings. The summed E-state index contributed by atoms with van der Waals surface area (Å²) in [5, 5.41) is 0. The van der Waals surface area contributed by atoms with Crippen molar-refractivity contribution in [3.05, 3.63) is 22.8 Å². The second-order valence-corrected chi connectivity index (χ2v) is 4.00. The van der Waals surface area contributed by atoms with Gasteiger partial charge in [0.25, 0.3) is 0 Å². The number of aryl methyl sites for hydroxylation is 2. The molecule has 1 unspecified atom stereocenters. The minimum atomic E-state index is -0.0547. The molecule has 0 saturated heterocycles. The molecule has 1 heterocycles. The highest BCUT2D eigenvalue weighted by Gasteiger charge is 2.12. The molecule has 0 bridgehead atoms. The van der Waals surface area contributed by atoms with Crippen LogP contribution < -0.4 is 5.73 Å². The molecule has 0 aromatic carbocycles. The van der Waals surface area contributed by atoms with Crippen LogP contribution in [0.1, 0.15) is 42.2 Å². The number of nitrogens with two attached hydrogens (primary N) is 1. The molecular formula is C12H21N3O. The standard InChI is InChI=1S/C12H21N3O/c1-8-11(6-5-7-13)9(2)15-12(14-8)10(3)16-4/h10H,5-7,13H2,1-4H3. The lowest BCUT2D eigenvalue weighted by atomic mass is 10.1. The molecule has 1 rings (SSSR count). The fraction of sp³-hybridized carbons (Fsp3) is 0.667. The second kappa shape index (κ2) is 5.92. The molecule has 4 heteroatoms. The number of hydrogen-bond acceptors (Lipinski definition) is 4. The first-order valence-electron chi connectivity index (χ1n) is 5.67. The smallest absolute Gasteiger partial charge is 0.157 e. The number of hydrogen-bond donors (Lipinski definition) is 1. The maximum Gasteiger partial charge on any atom is 0.157 e. The first-order chi connectivity index (χ1) is 7.60. The van der Waals surface area contributed by atoms with Gasteiger partial charge in [0.15, 0.2) is 5.82 Å². The SMILES string of the molecule is COC(C)c1nc(C)c(CCCN)c(C)n1. The van der Waals surface area contributed by atoms with Crippen LogP contribution in [0.5, 0.6) is 0 Å². The van der Waals surface area contributed by atoms with Gasteiger partial charge in [0.05, 0.1) is 0 Å². The molecule has 2 N–H and O–H groups in total. The normalized spacial score (nSPS) is 12.8. The van der Waals surface area contributed by atoms with E-state index in [0.717, 1.165) is 30.1 Å². The Morgan fingerprint density at radius 3 is 2.25 bits per heavy atom. The van der Waals surface area contributed by atoms with Gasteiger partial charge in [-0.2, -0.15) is 0 Å². The molecule has 0 radical (unpaired) electrons. The first-order valence-corrected chi connectivity index (χ1v) is 5.67. The highest BCUT2D eigenvalue weighted by Crippen LogP contribution is 2.17. The largest absolute Gasteiger partial charge is 0.374 e. The summed E-state index contributed by atoms with van der Waals surface area (Å²) >= 11 is 0. The molecular weight excluding hydrogens is 202 g/mol. The monoisotopic (exact) mass is 223 g/mol. The van der Waals surface area contributed by atoms with Crippen molar-refractivity contribution in [1.82, 2.24) is 9.97 Å². The first kappa shape index (κ1) is 13.1. The van der Waals surface area contributed by atoms with Crippen LogP contribution in [0.2, 0.25) is 0 Å². The Hall–Kier alpha value is -1.00. The molecule has 1 atom stereocenters. The zero-order chi connectivity index (χ0) is 12.1. The molecule has 90 valence electrons. The summed E-state index contributed by atoms with van der Waals surface area (Å²) in [5.41, 5.74) is 8.82. The van der Waals surface area contributed by atoms with E-state index in [0.29, 0.717) is 6.54 Å². The van der Waals surface area contributed by atoms with Crippen LogP contribution in [0.3, 0.4) is 0 Å². The fourth-order valence-electron chi connectivity index (χ4n) is 1.69. The number of ether oxygens (including phenoxy) is 1. The van der Waals surface area contributed by atoms with Crippen molar-refractivity contribution in [1.29, 1.82) is 0 Å². The van der Waals surface area contributed by atoms with E-state index in [1.807, 2.05) is 20.8 Å². The van der Waals surface area contributed by atoms with Gasteiger partial charge in [-0.15, -0.1) is 0 Å². The van der Waals surface area contributed by atoms with Gasteiger partial charge < -0.3 is 10.5 Å². The Morgan fingerprint density at radius 1 is 1.25 bits per heavy atom. The molecule has 0 saturated carbocycles. The van der Waals surface area contributed by atoms with E-state index in [2.05, 4.69) is 9.97 Å². The molecule has 0 amide bonds. The van der Waals surface area contributed by atoms with Crippen molar-refractivity contribution in [2.24, 2.45) is 5.73 Å². The van der Waals surface area contributed by atoms with Crippen LogP contribution in [-0.4, -0.2) is 23.6 Å². The molecule has 0 fully saturated rings. The number of rotatable bonds is 5. The quantitative estimate of drug-likeness (QED) is 0.825. The number of methoxy groups -OCH3 is 1. The van der Waals surface area contributed by atoms with Crippen LogP contribution in [0.15, 0.2) is 0 Å². The Labute approximate surface area is 97.2 Å². The van der Waals surface area contributed by atoms with Gasteiger partial charge in [-0.3, -0.25) is 0 Å². The van der Waals surface area contributed by atoms with Crippen LogP contribution in [-0.2, 0) is 11.2 Å². The van der Waals surface area contributed by atoms with E-state index in [1.54, 1.807) is 7.11 Å². The Morgan fingerprint density at radius 2 is 1.81 bits per heavy atom. The zero-order valence-electron chi connectivity index (χ0n) is 10.6. The van der Waals surface area contributed by atoms with Crippen molar-refractivity contribution in [3.8, 4) is 0 Å². The molecule has 0 aliphatic carbocycles. The van der Waals surface area contributed by atoms with Gasteiger partial charge in [-0.25, -0.2) is 9.97 Å². The number of nitrogens with zero attached hydrogens (tertiary/aromatic N) is 2. The van der Waals surface area contributed by atoms with Gasteiger partial charge in [0, 0.05) is 18.5 Å². The van der Waals surface area contributed by atoms with Gasteiger partial charge in [-0.1, -0.05) is 0 Å². The summed E-state index contributed by atoms with van der Waals surface area (Å²) in [6, 6.07) is 0. The molecule has 0 spiro atoms. The Balaban J connectivity index is 2.97. The van der Waals surface area contributed by atoms with Crippen molar-refractivity contribution < 1.29 is 4.74 Å². The maximum absolute atomic E-state index is 5.52. The average Bonchev–Trinajstić information content (AvgIpc) is 2.26. The summed E-state index contributed by atoms with van der Waals surface area (Å²) in [7, 11) is 1.67. The van der Waals surface area contributed by atoms with Crippen LogP contribution in [0.4, 0.5) is 0 Å².